The van der Waals surface area contributed by atoms with Crippen molar-refractivity contribution in [3.05, 3.63) is 22.4 Å². The zero-order valence-corrected chi connectivity index (χ0v) is 13.6. The molecule has 1 aliphatic rings. The molecular weight excluding hydrogens is 270 g/mol. The number of hydrogen-bond acceptors (Lipinski definition) is 4. The van der Waals surface area contributed by atoms with Crippen LogP contribution >= 0.6 is 11.3 Å². The predicted molar refractivity (Wildman–Crippen MR) is 83.8 cm³/mol. The number of nitrogens with one attached hydrogen (secondary N) is 1. The first kappa shape index (κ1) is 15.5. The molecule has 4 nitrogen and oxygen atoms in total. The molecule has 2 heterocycles. The van der Waals surface area contributed by atoms with E-state index in [1.807, 2.05) is 11.0 Å². The molecule has 0 spiro atoms. The molecule has 1 atom stereocenters. The van der Waals surface area contributed by atoms with Gasteiger partial charge in [-0.2, -0.15) is 0 Å². The molecule has 0 saturated carbocycles. The molecule has 0 bridgehead atoms. The van der Waals surface area contributed by atoms with E-state index in [2.05, 4.69) is 49.4 Å². The Labute approximate surface area is 125 Å². The summed E-state index contributed by atoms with van der Waals surface area (Å²) in [4.78, 5) is 17.7. The number of hydrogen-bond donors (Lipinski definition) is 1. The van der Waals surface area contributed by atoms with Gasteiger partial charge in [-0.1, -0.05) is 6.07 Å². The van der Waals surface area contributed by atoms with Crippen molar-refractivity contribution >= 4 is 17.2 Å². The molecule has 1 unspecified atom stereocenters. The minimum absolute atomic E-state index is 0.0590. The lowest BCUT2D eigenvalue weighted by Crippen LogP contribution is -2.43. The topological polar surface area (TPSA) is 35.6 Å². The van der Waals surface area contributed by atoms with Crippen LogP contribution in [0.5, 0.6) is 0 Å². The average molecular weight is 295 g/mol. The fourth-order valence-corrected chi connectivity index (χ4v) is 3.64. The van der Waals surface area contributed by atoms with Crippen LogP contribution < -0.4 is 5.32 Å². The van der Waals surface area contributed by atoms with E-state index in [4.69, 9.17) is 0 Å². The standard InChI is InChI=1S/C15H25N3OS/c1-11(2)17(12(3)4)7-8-18-14(19)10-16-15(18)13-6-5-9-20-13/h5-6,9,11-12,15-16H,7-8,10H2,1-4H3. The van der Waals surface area contributed by atoms with Gasteiger partial charge in [0.1, 0.15) is 6.17 Å². The summed E-state index contributed by atoms with van der Waals surface area (Å²) in [7, 11) is 0. The normalized spacial score (nSPS) is 19.9. The number of thiophene rings is 1. The Morgan fingerprint density at radius 2 is 2.10 bits per heavy atom. The number of rotatable bonds is 6. The summed E-state index contributed by atoms with van der Waals surface area (Å²) in [5.41, 5.74) is 0. The summed E-state index contributed by atoms with van der Waals surface area (Å²) in [6.45, 7) is 11.0. The van der Waals surface area contributed by atoms with Crippen molar-refractivity contribution in [2.75, 3.05) is 19.6 Å². The molecule has 1 fully saturated rings. The molecule has 1 N–H and O–H groups in total. The Morgan fingerprint density at radius 1 is 1.40 bits per heavy atom. The van der Waals surface area contributed by atoms with E-state index < -0.39 is 0 Å². The summed E-state index contributed by atoms with van der Waals surface area (Å²) in [6.07, 6.45) is 0.0590. The number of carbonyl (C=O) groups excluding carboxylic acids is 1. The van der Waals surface area contributed by atoms with Gasteiger partial charge >= 0.3 is 0 Å². The van der Waals surface area contributed by atoms with E-state index in [1.54, 1.807) is 11.3 Å². The second-order valence-electron chi connectivity index (χ2n) is 5.81. The molecular formula is C15H25N3OS. The average Bonchev–Trinajstić information content (AvgIpc) is 2.99. The van der Waals surface area contributed by atoms with Gasteiger partial charge in [-0.15, -0.1) is 11.3 Å². The van der Waals surface area contributed by atoms with Crippen molar-refractivity contribution in [1.82, 2.24) is 15.1 Å². The van der Waals surface area contributed by atoms with Gasteiger partial charge in [-0.3, -0.25) is 15.0 Å². The Balaban J connectivity index is 2.01. The van der Waals surface area contributed by atoms with Crippen molar-refractivity contribution in [2.24, 2.45) is 0 Å². The SMILES string of the molecule is CC(C)N(CCN1C(=O)CNC1c1cccs1)C(C)C. The van der Waals surface area contributed by atoms with Crippen LogP contribution in [0.1, 0.15) is 38.7 Å². The summed E-state index contributed by atoms with van der Waals surface area (Å²) < 4.78 is 0. The molecule has 1 amide bonds. The maximum Gasteiger partial charge on any atom is 0.238 e. The molecule has 1 aromatic rings. The first-order valence-electron chi connectivity index (χ1n) is 7.32. The van der Waals surface area contributed by atoms with Gasteiger partial charge in [-0.25, -0.2) is 0 Å². The van der Waals surface area contributed by atoms with Crippen LogP contribution in [-0.4, -0.2) is 47.4 Å². The van der Waals surface area contributed by atoms with E-state index in [9.17, 15) is 4.79 Å². The lowest BCUT2D eigenvalue weighted by molar-refractivity contribution is -0.128. The number of carbonyl (C=O) groups is 1. The van der Waals surface area contributed by atoms with Gasteiger partial charge in [0.05, 0.1) is 6.54 Å². The maximum absolute atomic E-state index is 12.1. The first-order valence-corrected chi connectivity index (χ1v) is 8.20. The summed E-state index contributed by atoms with van der Waals surface area (Å²) in [5.74, 6) is 0.205. The predicted octanol–water partition coefficient (Wildman–Crippen LogP) is 2.30. The summed E-state index contributed by atoms with van der Waals surface area (Å²) in [6, 6.07) is 5.13. The highest BCUT2D eigenvalue weighted by atomic mass is 32.1. The molecule has 0 aromatic carbocycles. The lowest BCUT2D eigenvalue weighted by atomic mass is 10.2. The van der Waals surface area contributed by atoms with E-state index in [-0.39, 0.29) is 12.1 Å². The van der Waals surface area contributed by atoms with Crippen LogP contribution in [0.25, 0.3) is 0 Å². The van der Waals surface area contributed by atoms with Gasteiger partial charge in [0.25, 0.3) is 0 Å². The Hall–Kier alpha value is -0.910. The van der Waals surface area contributed by atoms with Gasteiger partial charge in [0, 0.05) is 30.1 Å². The third kappa shape index (κ3) is 3.40. The van der Waals surface area contributed by atoms with E-state index >= 15 is 0 Å². The molecule has 1 aliphatic heterocycles. The molecule has 0 aliphatic carbocycles. The van der Waals surface area contributed by atoms with Gasteiger partial charge in [0.2, 0.25) is 5.91 Å². The van der Waals surface area contributed by atoms with E-state index in [0.29, 0.717) is 18.6 Å². The van der Waals surface area contributed by atoms with Crippen LogP contribution in [0.2, 0.25) is 0 Å². The zero-order valence-electron chi connectivity index (χ0n) is 12.8. The molecule has 5 heteroatoms. The Bertz CT molecular complexity index is 422. The van der Waals surface area contributed by atoms with E-state index in [0.717, 1.165) is 13.1 Å². The van der Waals surface area contributed by atoms with Gasteiger partial charge in [0.15, 0.2) is 0 Å². The highest BCUT2D eigenvalue weighted by molar-refractivity contribution is 7.10. The molecule has 1 aromatic heterocycles. The highest BCUT2D eigenvalue weighted by Gasteiger charge is 2.32. The van der Waals surface area contributed by atoms with Gasteiger partial charge < -0.3 is 4.90 Å². The number of amides is 1. The highest BCUT2D eigenvalue weighted by Crippen LogP contribution is 2.26. The van der Waals surface area contributed by atoms with E-state index in [1.165, 1.54) is 4.88 Å². The third-order valence-corrected chi connectivity index (χ3v) is 4.74. The fraction of sp³-hybridized carbons (Fsp3) is 0.667. The Kier molecular flexibility index (Phi) is 5.18. The summed E-state index contributed by atoms with van der Waals surface area (Å²) >= 11 is 1.70. The monoisotopic (exact) mass is 295 g/mol. The van der Waals surface area contributed by atoms with Crippen LogP contribution in [0, 0.1) is 0 Å². The molecule has 0 radical (unpaired) electrons. The maximum atomic E-state index is 12.1. The summed E-state index contributed by atoms with van der Waals surface area (Å²) in [5, 5.41) is 5.37. The lowest BCUT2D eigenvalue weighted by Gasteiger charge is -2.33. The second-order valence-corrected chi connectivity index (χ2v) is 6.79. The number of nitrogens with zero attached hydrogens (tertiary/aromatic N) is 2. The fourth-order valence-electron chi connectivity index (χ4n) is 2.83. The van der Waals surface area contributed by atoms with Crippen molar-refractivity contribution < 1.29 is 4.79 Å². The van der Waals surface area contributed by atoms with Crippen LogP contribution in [0.15, 0.2) is 17.5 Å². The van der Waals surface area contributed by atoms with Crippen LogP contribution in [0.3, 0.4) is 0 Å². The zero-order chi connectivity index (χ0) is 14.7. The molecule has 20 heavy (non-hydrogen) atoms. The Morgan fingerprint density at radius 3 is 2.65 bits per heavy atom. The van der Waals surface area contributed by atoms with Crippen LogP contribution in [-0.2, 0) is 4.79 Å². The molecule has 112 valence electrons. The smallest absolute Gasteiger partial charge is 0.238 e. The minimum atomic E-state index is 0.0590. The van der Waals surface area contributed by atoms with Gasteiger partial charge in [-0.05, 0) is 39.1 Å². The minimum Gasteiger partial charge on any atom is -0.320 e. The second kappa shape index (κ2) is 6.70. The van der Waals surface area contributed by atoms with Crippen molar-refractivity contribution in [2.45, 2.75) is 45.9 Å². The van der Waals surface area contributed by atoms with Crippen LogP contribution in [0.4, 0.5) is 0 Å². The van der Waals surface area contributed by atoms with Crippen molar-refractivity contribution in [3.8, 4) is 0 Å². The largest absolute Gasteiger partial charge is 0.320 e. The third-order valence-electron chi connectivity index (χ3n) is 3.82. The quantitative estimate of drug-likeness (QED) is 0.875. The van der Waals surface area contributed by atoms with Crippen molar-refractivity contribution in [3.63, 3.8) is 0 Å². The first-order chi connectivity index (χ1) is 9.50. The molecule has 1 saturated heterocycles. The van der Waals surface area contributed by atoms with Crippen molar-refractivity contribution in [1.29, 1.82) is 0 Å². The molecule has 2 rings (SSSR count).